The monoisotopic (exact) mass is 287 g/mol. The van der Waals surface area contributed by atoms with Gasteiger partial charge in [-0.3, -0.25) is 9.59 Å². The predicted molar refractivity (Wildman–Crippen MR) is 75.4 cm³/mol. The number of carbonyl (C=O) groups excluding carboxylic acids is 2. The van der Waals surface area contributed by atoms with Gasteiger partial charge in [0.15, 0.2) is 6.10 Å². The number of nitriles is 1. The van der Waals surface area contributed by atoms with E-state index in [0.29, 0.717) is 11.3 Å². The van der Waals surface area contributed by atoms with Crippen LogP contribution in [0.25, 0.3) is 0 Å². The number of amides is 2. The molecule has 1 atom stereocenters. The van der Waals surface area contributed by atoms with E-state index in [1.165, 1.54) is 0 Å². The standard InChI is InChI=1S/C15H17N3O3/c1-10(21-13-6-2-11(8-16)3-7-13)15(20)17-9-14(19)18-12-4-5-12/h2-3,6-7,10,12H,4-5,9H2,1H3,(H,17,20)(H,18,19)/t10-/m0/s1. The second-order valence-corrected chi connectivity index (χ2v) is 4.96. The van der Waals surface area contributed by atoms with Gasteiger partial charge >= 0.3 is 0 Å². The van der Waals surface area contributed by atoms with Crippen LogP contribution in [0.15, 0.2) is 24.3 Å². The number of nitrogens with zero attached hydrogens (tertiary/aromatic N) is 1. The zero-order chi connectivity index (χ0) is 15.2. The van der Waals surface area contributed by atoms with Crippen molar-refractivity contribution in [1.82, 2.24) is 10.6 Å². The van der Waals surface area contributed by atoms with Crippen molar-refractivity contribution in [2.75, 3.05) is 6.54 Å². The van der Waals surface area contributed by atoms with E-state index in [2.05, 4.69) is 10.6 Å². The third-order valence-electron chi connectivity index (χ3n) is 3.03. The first-order valence-electron chi connectivity index (χ1n) is 6.82. The van der Waals surface area contributed by atoms with E-state index >= 15 is 0 Å². The molecular weight excluding hydrogens is 270 g/mol. The van der Waals surface area contributed by atoms with E-state index in [4.69, 9.17) is 10.00 Å². The van der Waals surface area contributed by atoms with Crippen LogP contribution in [0.2, 0.25) is 0 Å². The van der Waals surface area contributed by atoms with Crippen LogP contribution in [0.5, 0.6) is 5.75 Å². The largest absolute Gasteiger partial charge is 0.481 e. The van der Waals surface area contributed by atoms with Gasteiger partial charge in [0.2, 0.25) is 5.91 Å². The molecule has 0 unspecified atom stereocenters. The van der Waals surface area contributed by atoms with Crippen molar-refractivity contribution in [3.05, 3.63) is 29.8 Å². The molecule has 1 fully saturated rings. The first kappa shape index (κ1) is 14.9. The van der Waals surface area contributed by atoms with Gasteiger partial charge in [-0.05, 0) is 44.0 Å². The molecule has 0 heterocycles. The number of ether oxygens (including phenoxy) is 1. The number of hydrogen-bond acceptors (Lipinski definition) is 4. The Morgan fingerprint density at radius 3 is 2.62 bits per heavy atom. The van der Waals surface area contributed by atoms with E-state index in [-0.39, 0.29) is 24.4 Å². The number of nitrogens with one attached hydrogen (secondary N) is 2. The van der Waals surface area contributed by atoms with Crippen molar-refractivity contribution in [1.29, 1.82) is 5.26 Å². The van der Waals surface area contributed by atoms with Gasteiger partial charge in [0.1, 0.15) is 5.75 Å². The maximum Gasteiger partial charge on any atom is 0.261 e. The normalized spacial score (nSPS) is 14.7. The molecular formula is C15H17N3O3. The Morgan fingerprint density at radius 1 is 1.38 bits per heavy atom. The van der Waals surface area contributed by atoms with E-state index < -0.39 is 6.10 Å². The van der Waals surface area contributed by atoms with Crippen molar-refractivity contribution in [3.63, 3.8) is 0 Å². The van der Waals surface area contributed by atoms with Crippen LogP contribution in [0.1, 0.15) is 25.3 Å². The summed E-state index contributed by atoms with van der Waals surface area (Å²) >= 11 is 0. The molecule has 2 rings (SSSR count). The molecule has 2 amide bonds. The molecule has 1 aromatic carbocycles. The highest BCUT2D eigenvalue weighted by Crippen LogP contribution is 2.18. The Labute approximate surface area is 123 Å². The lowest BCUT2D eigenvalue weighted by molar-refractivity contribution is -0.130. The molecule has 1 aliphatic rings. The Bertz CT molecular complexity index is 559. The van der Waals surface area contributed by atoms with Crippen LogP contribution in [-0.4, -0.2) is 30.5 Å². The fourth-order valence-electron chi connectivity index (χ4n) is 1.68. The average Bonchev–Trinajstić information content (AvgIpc) is 3.29. The van der Waals surface area contributed by atoms with E-state index in [9.17, 15) is 9.59 Å². The molecule has 6 nitrogen and oxygen atoms in total. The molecule has 0 bridgehead atoms. The molecule has 0 aliphatic heterocycles. The second kappa shape index (κ2) is 6.75. The maximum absolute atomic E-state index is 11.8. The third kappa shape index (κ3) is 4.80. The van der Waals surface area contributed by atoms with Crippen molar-refractivity contribution < 1.29 is 14.3 Å². The van der Waals surface area contributed by atoms with Crippen LogP contribution in [0.3, 0.4) is 0 Å². The molecule has 0 aromatic heterocycles. The summed E-state index contributed by atoms with van der Waals surface area (Å²) < 4.78 is 5.45. The quantitative estimate of drug-likeness (QED) is 0.806. The first-order valence-corrected chi connectivity index (χ1v) is 6.82. The summed E-state index contributed by atoms with van der Waals surface area (Å²) in [4.78, 5) is 23.3. The van der Waals surface area contributed by atoms with Crippen molar-refractivity contribution in [2.24, 2.45) is 0 Å². The minimum absolute atomic E-state index is 0.0452. The first-order chi connectivity index (χ1) is 10.1. The van der Waals surface area contributed by atoms with Crippen molar-refractivity contribution in [2.45, 2.75) is 31.9 Å². The number of rotatable bonds is 6. The summed E-state index contributed by atoms with van der Waals surface area (Å²) in [6, 6.07) is 8.77. The minimum atomic E-state index is -0.716. The number of hydrogen-bond donors (Lipinski definition) is 2. The van der Waals surface area contributed by atoms with Gasteiger partial charge in [-0.15, -0.1) is 0 Å². The zero-order valence-corrected chi connectivity index (χ0v) is 11.8. The van der Waals surface area contributed by atoms with Gasteiger partial charge < -0.3 is 15.4 Å². The maximum atomic E-state index is 11.8. The topological polar surface area (TPSA) is 91.2 Å². The lowest BCUT2D eigenvalue weighted by atomic mass is 10.2. The van der Waals surface area contributed by atoms with Gasteiger partial charge in [-0.2, -0.15) is 5.26 Å². The SMILES string of the molecule is C[C@H](Oc1ccc(C#N)cc1)C(=O)NCC(=O)NC1CC1. The van der Waals surface area contributed by atoms with Gasteiger partial charge in [-0.1, -0.05) is 0 Å². The van der Waals surface area contributed by atoms with Crippen molar-refractivity contribution in [3.8, 4) is 11.8 Å². The van der Waals surface area contributed by atoms with Gasteiger partial charge in [0, 0.05) is 6.04 Å². The van der Waals surface area contributed by atoms with Crippen LogP contribution >= 0.6 is 0 Å². The van der Waals surface area contributed by atoms with Crippen LogP contribution in [-0.2, 0) is 9.59 Å². The van der Waals surface area contributed by atoms with Gasteiger partial charge in [0.25, 0.3) is 5.91 Å². The molecule has 0 saturated heterocycles. The molecule has 1 saturated carbocycles. The molecule has 21 heavy (non-hydrogen) atoms. The number of benzene rings is 1. The fourth-order valence-corrected chi connectivity index (χ4v) is 1.68. The molecule has 2 N–H and O–H groups in total. The highest BCUT2D eigenvalue weighted by Gasteiger charge is 2.23. The molecule has 0 spiro atoms. The van der Waals surface area contributed by atoms with Crippen LogP contribution < -0.4 is 15.4 Å². The Morgan fingerprint density at radius 2 is 2.05 bits per heavy atom. The summed E-state index contributed by atoms with van der Waals surface area (Å²) in [5.41, 5.74) is 0.524. The summed E-state index contributed by atoms with van der Waals surface area (Å²) in [7, 11) is 0. The van der Waals surface area contributed by atoms with Gasteiger partial charge in [-0.25, -0.2) is 0 Å². The molecule has 1 aromatic rings. The summed E-state index contributed by atoms with van der Waals surface area (Å²) in [5, 5.41) is 14.0. The van der Waals surface area contributed by atoms with Crippen LogP contribution in [0, 0.1) is 11.3 Å². The smallest absolute Gasteiger partial charge is 0.261 e. The minimum Gasteiger partial charge on any atom is -0.481 e. The van der Waals surface area contributed by atoms with Crippen LogP contribution in [0.4, 0.5) is 0 Å². The highest BCUT2D eigenvalue weighted by atomic mass is 16.5. The molecule has 0 radical (unpaired) electrons. The lowest BCUT2D eigenvalue weighted by Crippen LogP contribution is -2.42. The van der Waals surface area contributed by atoms with E-state index in [1.54, 1.807) is 31.2 Å². The van der Waals surface area contributed by atoms with Crippen molar-refractivity contribution >= 4 is 11.8 Å². The summed E-state index contributed by atoms with van der Waals surface area (Å²) in [6.45, 7) is 1.56. The Hall–Kier alpha value is -2.55. The Balaban J connectivity index is 1.75. The highest BCUT2D eigenvalue weighted by molar-refractivity contribution is 5.87. The lowest BCUT2D eigenvalue weighted by Gasteiger charge is -2.14. The second-order valence-electron chi connectivity index (χ2n) is 4.96. The Kier molecular flexibility index (Phi) is 4.77. The summed E-state index contributed by atoms with van der Waals surface area (Å²) in [6.07, 6.45) is 1.31. The zero-order valence-electron chi connectivity index (χ0n) is 11.8. The third-order valence-corrected chi connectivity index (χ3v) is 3.03. The average molecular weight is 287 g/mol. The van der Waals surface area contributed by atoms with Gasteiger partial charge in [0.05, 0.1) is 18.2 Å². The molecule has 1 aliphatic carbocycles. The molecule has 110 valence electrons. The number of carbonyl (C=O) groups is 2. The van der Waals surface area contributed by atoms with E-state index in [1.807, 2.05) is 6.07 Å². The summed E-state index contributed by atoms with van der Waals surface area (Å²) in [5.74, 6) is -0.0409. The predicted octanol–water partition coefficient (Wildman–Crippen LogP) is 0.720. The van der Waals surface area contributed by atoms with E-state index in [0.717, 1.165) is 12.8 Å². The fraction of sp³-hybridized carbons (Fsp3) is 0.400. The molecule has 6 heteroatoms.